The first-order valence-corrected chi connectivity index (χ1v) is 5.55. The molecule has 1 aromatic carbocycles. The van der Waals surface area contributed by atoms with Crippen LogP contribution < -0.4 is 5.32 Å². The Morgan fingerprint density at radius 1 is 1.53 bits per heavy atom. The fourth-order valence-corrected chi connectivity index (χ4v) is 1.65. The highest BCUT2D eigenvalue weighted by Gasteiger charge is 2.03. The Labute approximate surface area is 99.2 Å². The van der Waals surface area contributed by atoms with Gasteiger partial charge < -0.3 is 15.0 Å². The van der Waals surface area contributed by atoms with E-state index in [1.807, 2.05) is 25.1 Å². The summed E-state index contributed by atoms with van der Waals surface area (Å²) in [6, 6.07) is 5.84. The topological polar surface area (TPSA) is 67.0 Å². The lowest BCUT2D eigenvalue weighted by molar-refractivity contribution is 0.151. The number of carbonyl (C=O) groups excluding carboxylic acids is 1. The summed E-state index contributed by atoms with van der Waals surface area (Å²) >= 11 is 0. The molecule has 17 heavy (non-hydrogen) atoms. The van der Waals surface area contributed by atoms with E-state index in [1.54, 1.807) is 6.92 Å². The van der Waals surface area contributed by atoms with Crippen molar-refractivity contribution in [2.24, 2.45) is 0 Å². The molecule has 0 saturated carbocycles. The summed E-state index contributed by atoms with van der Waals surface area (Å²) in [5.74, 6) is 0.885. The van der Waals surface area contributed by atoms with Crippen LogP contribution in [-0.2, 0) is 11.3 Å². The summed E-state index contributed by atoms with van der Waals surface area (Å²) in [5.41, 5.74) is 2.92. The quantitative estimate of drug-likeness (QED) is 0.853. The van der Waals surface area contributed by atoms with Gasteiger partial charge in [-0.25, -0.2) is 9.78 Å². The van der Waals surface area contributed by atoms with E-state index in [1.165, 1.54) is 0 Å². The van der Waals surface area contributed by atoms with E-state index >= 15 is 0 Å². The summed E-state index contributed by atoms with van der Waals surface area (Å²) in [7, 11) is 0. The van der Waals surface area contributed by atoms with Crippen LogP contribution in [0.1, 0.15) is 18.3 Å². The van der Waals surface area contributed by atoms with Crippen LogP contribution in [0, 0.1) is 6.92 Å². The van der Waals surface area contributed by atoms with Gasteiger partial charge in [0, 0.05) is 6.54 Å². The molecule has 5 nitrogen and oxygen atoms in total. The molecule has 0 fully saturated rings. The van der Waals surface area contributed by atoms with Crippen LogP contribution in [0.3, 0.4) is 0 Å². The monoisotopic (exact) mass is 233 g/mol. The van der Waals surface area contributed by atoms with Gasteiger partial charge in [0.1, 0.15) is 5.82 Å². The predicted molar refractivity (Wildman–Crippen MR) is 64.7 cm³/mol. The highest BCUT2D eigenvalue weighted by molar-refractivity contribution is 5.76. The zero-order chi connectivity index (χ0) is 12.3. The summed E-state index contributed by atoms with van der Waals surface area (Å²) in [6.45, 7) is 4.52. The van der Waals surface area contributed by atoms with Crippen molar-refractivity contribution in [2.75, 3.05) is 6.61 Å². The average Bonchev–Trinajstić information content (AvgIpc) is 2.66. The zero-order valence-electron chi connectivity index (χ0n) is 9.91. The van der Waals surface area contributed by atoms with Crippen molar-refractivity contribution >= 4 is 17.1 Å². The fraction of sp³-hybridized carbons (Fsp3) is 0.333. The van der Waals surface area contributed by atoms with Crippen molar-refractivity contribution in [3.05, 3.63) is 29.6 Å². The molecule has 0 aliphatic rings. The fourth-order valence-electron chi connectivity index (χ4n) is 1.65. The Morgan fingerprint density at radius 3 is 3.12 bits per heavy atom. The van der Waals surface area contributed by atoms with Crippen LogP contribution in [-0.4, -0.2) is 22.7 Å². The smallest absolute Gasteiger partial charge is 0.407 e. The number of ether oxygens (including phenoxy) is 1. The van der Waals surface area contributed by atoms with Gasteiger partial charge in [0.05, 0.1) is 17.6 Å². The molecule has 0 aliphatic heterocycles. The second kappa shape index (κ2) is 4.86. The van der Waals surface area contributed by atoms with E-state index in [9.17, 15) is 4.79 Å². The van der Waals surface area contributed by atoms with Crippen molar-refractivity contribution in [1.29, 1.82) is 0 Å². The first-order valence-electron chi connectivity index (χ1n) is 5.55. The van der Waals surface area contributed by atoms with Crippen LogP contribution >= 0.6 is 0 Å². The summed E-state index contributed by atoms with van der Waals surface area (Å²) in [6.07, 6.45) is -0.395. The minimum Gasteiger partial charge on any atom is -0.450 e. The maximum Gasteiger partial charge on any atom is 0.407 e. The molecule has 2 rings (SSSR count). The predicted octanol–water partition coefficient (Wildman–Crippen LogP) is 2.12. The molecule has 0 atom stereocenters. The molecule has 5 heteroatoms. The van der Waals surface area contributed by atoms with Gasteiger partial charge >= 0.3 is 6.09 Å². The molecule has 2 aromatic rings. The van der Waals surface area contributed by atoms with Gasteiger partial charge in [0.2, 0.25) is 0 Å². The maximum absolute atomic E-state index is 11.1. The van der Waals surface area contributed by atoms with Crippen molar-refractivity contribution < 1.29 is 9.53 Å². The SMILES string of the molecule is CCOC(=O)NCc1ccc2nc(C)[nH]c2c1. The average molecular weight is 233 g/mol. The number of fused-ring (bicyclic) bond motifs is 1. The molecule has 1 aromatic heterocycles. The van der Waals surface area contributed by atoms with E-state index in [-0.39, 0.29) is 0 Å². The lowest BCUT2D eigenvalue weighted by atomic mass is 10.2. The molecule has 90 valence electrons. The minimum absolute atomic E-state index is 0.380. The Kier molecular flexibility index (Phi) is 3.27. The van der Waals surface area contributed by atoms with Crippen LogP contribution in [0.15, 0.2) is 18.2 Å². The molecule has 0 spiro atoms. The van der Waals surface area contributed by atoms with Crippen LogP contribution in [0.2, 0.25) is 0 Å². The number of amides is 1. The summed E-state index contributed by atoms with van der Waals surface area (Å²) < 4.78 is 4.78. The molecule has 0 saturated heterocycles. The highest BCUT2D eigenvalue weighted by Crippen LogP contribution is 2.13. The van der Waals surface area contributed by atoms with Gasteiger partial charge in [-0.1, -0.05) is 6.07 Å². The van der Waals surface area contributed by atoms with Gasteiger partial charge in [-0.2, -0.15) is 0 Å². The van der Waals surface area contributed by atoms with E-state index in [0.717, 1.165) is 22.4 Å². The second-order valence-electron chi connectivity index (χ2n) is 3.75. The number of imidazole rings is 1. The van der Waals surface area contributed by atoms with E-state index < -0.39 is 6.09 Å². The third-order valence-corrected chi connectivity index (χ3v) is 2.38. The number of benzene rings is 1. The number of hydrogen-bond acceptors (Lipinski definition) is 3. The van der Waals surface area contributed by atoms with E-state index in [2.05, 4.69) is 15.3 Å². The number of nitrogens with one attached hydrogen (secondary N) is 2. The summed E-state index contributed by atoms with van der Waals surface area (Å²) in [4.78, 5) is 18.6. The Balaban J connectivity index is 2.06. The second-order valence-corrected chi connectivity index (χ2v) is 3.75. The maximum atomic E-state index is 11.1. The number of aromatic amines is 1. The number of H-pyrrole nitrogens is 1. The van der Waals surface area contributed by atoms with E-state index in [0.29, 0.717) is 13.2 Å². The van der Waals surface area contributed by atoms with Gasteiger partial charge in [-0.05, 0) is 31.5 Å². The van der Waals surface area contributed by atoms with Crippen LogP contribution in [0.5, 0.6) is 0 Å². The standard InChI is InChI=1S/C12H15N3O2/c1-3-17-12(16)13-7-9-4-5-10-11(6-9)15-8(2)14-10/h4-6H,3,7H2,1-2H3,(H,13,16)(H,14,15). The molecular weight excluding hydrogens is 218 g/mol. The Bertz CT molecular complexity index is 534. The van der Waals surface area contributed by atoms with Crippen LogP contribution in [0.25, 0.3) is 11.0 Å². The number of aromatic nitrogens is 2. The number of nitrogens with zero attached hydrogens (tertiary/aromatic N) is 1. The molecule has 0 bridgehead atoms. The molecule has 1 amide bonds. The summed E-state index contributed by atoms with van der Waals surface area (Å²) in [5, 5.41) is 2.68. The third-order valence-electron chi connectivity index (χ3n) is 2.38. The van der Waals surface area contributed by atoms with E-state index in [4.69, 9.17) is 4.74 Å². The first kappa shape index (κ1) is 11.4. The van der Waals surface area contributed by atoms with Gasteiger partial charge in [0.25, 0.3) is 0 Å². The number of aryl methyl sites for hydroxylation is 1. The largest absolute Gasteiger partial charge is 0.450 e. The van der Waals surface area contributed by atoms with Crippen molar-refractivity contribution in [1.82, 2.24) is 15.3 Å². The molecule has 2 N–H and O–H groups in total. The number of rotatable bonds is 3. The molecular formula is C12H15N3O2. The number of alkyl carbamates (subject to hydrolysis) is 1. The Morgan fingerprint density at radius 2 is 2.35 bits per heavy atom. The van der Waals surface area contributed by atoms with Crippen molar-refractivity contribution in [2.45, 2.75) is 20.4 Å². The third kappa shape index (κ3) is 2.75. The van der Waals surface area contributed by atoms with Crippen LogP contribution in [0.4, 0.5) is 4.79 Å². The lowest BCUT2D eigenvalue weighted by Gasteiger charge is -2.04. The highest BCUT2D eigenvalue weighted by atomic mass is 16.5. The van der Waals surface area contributed by atoms with Gasteiger partial charge in [0.15, 0.2) is 0 Å². The van der Waals surface area contributed by atoms with Crippen molar-refractivity contribution in [3.63, 3.8) is 0 Å². The van der Waals surface area contributed by atoms with Crippen molar-refractivity contribution in [3.8, 4) is 0 Å². The molecule has 0 unspecified atom stereocenters. The zero-order valence-corrected chi connectivity index (χ0v) is 9.91. The Hall–Kier alpha value is -2.04. The number of carbonyl (C=O) groups is 1. The normalized spacial score (nSPS) is 10.5. The lowest BCUT2D eigenvalue weighted by Crippen LogP contribution is -2.23. The molecule has 1 heterocycles. The minimum atomic E-state index is -0.395. The van der Waals surface area contributed by atoms with Gasteiger partial charge in [-0.15, -0.1) is 0 Å². The molecule has 0 aliphatic carbocycles. The number of hydrogen-bond donors (Lipinski definition) is 2. The van der Waals surface area contributed by atoms with Gasteiger partial charge in [-0.3, -0.25) is 0 Å². The molecule has 0 radical (unpaired) electrons. The first-order chi connectivity index (χ1) is 8.19.